The number of rotatable bonds is 6. The summed E-state index contributed by atoms with van der Waals surface area (Å²) in [6, 6.07) is 7.62. The van der Waals surface area contributed by atoms with Crippen LogP contribution in [-0.4, -0.2) is 42.6 Å². The van der Waals surface area contributed by atoms with Crippen LogP contribution in [-0.2, 0) is 14.3 Å². The number of likely N-dealkylation sites (tertiary alicyclic amines) is 1. The Morgan fingerprint density at radius 1 is 1.18 bits per heavy atom. The number of hydrogen-bond donors (Lipinski definition) is 0. The highest BCUT2D eigenvalue weighted by Crippen LogP contribution is 2.13. The number of carbonyl (C=O) groups excluding carboxylic acids is 2. The molecule has 1 aromatic carbocycles. The molecule has 1 aromatic rings. The third-order valence-electron chi connectivity index (χ3n) is 3.67. The third-order valence-corrected chi connectivity index (χ3v) is 3.67. The fourth-order valence-corrected chi connectivity index (χ4v) is 2.39. The number of aryl methyl sites for hydroxylation is 1. The third kappa shape index (κ3) is 4.76. The molecule has 1 fully saturated rings. The van der Waals surface area contributed by atoms with Gasteiger partial charge in [-0.1, -0.05) is 17.7 Å². The molecule has 0 N–H and O–H groups in total. The normalized spacial score (nSPS) is 15.5. The molecule has 1 aliphatic heterocycles. The molecule has 0 radical (unpaired) electrons. The Kier molecular flexibility index (Phi) is 5.81. The molecule has 120 valence electrons. The van der Waals surface area contributed by atoms with Gasteiger partial charge >= 0.3 is 5.97 Å². The highest BCUT2D eigenvalue weighted by atomic mass is 16.5. The summed E-state index contributed by atoms with van der Waals surface area (Å²) in [6.07, 6.45) is 1.46. The van der Waals surface area contributed by atoms with Crippen LogP contribution in [0, 0.1) is 6.92 Å². The van der Waals surface area contributed by atoms with Crippen molar-refractivity contribution in [1.29, 1.82) is 0 Å². The van der Waals surface area contributed by atoms with E-state index in [2.05, 4.69) is 0 Å². The molecule has 1 heterocycles. The van der Waals surface area contributed by atoms with Crippen LogP contribution >= 0.6 is 0 Å². The van der Waals surface area contributed by atoms with Crippen molar-refractivity contribution in [2.45, 2.75) is 39.2 Å². The van der Waals surface area contributed by atoms with E-state index in [0.717, 1.165) is 37.2 Å². The summed E-state index contributed by atoms with van der Waals surface area (Å²) >= 11 is 0. The van der Waals surface area contributed by atoms with Gasteiger partial charge in [0, 0.05) is 13.1 Å². The van der Waals surface area contributed by atoms with Crippen LogP contribution in [0.4, 0.5) is 0 Å². The van der Waals surface area contributed by atoms with E-state index in [1.165, 1.54) is 0 Å². The topological polar surface area (TPSA) is 55.8 Å². The fourth-order valence-electron chi connectivity index (χ4n) is 2.39. The van der Waals surface area contributed by atoms with Gasteiger partial charge in [0.05, 0.1) is 13.0 Å². The minimum absolute atomic E-state index is 0.106. The van der Waals surface area contributed by atoms with Gasteiger partial charge in [-0.25, -0.2) is 0 Å². The minimum Gasteiger partial charge on any atom is -0.493 e. The Hall–Kier alpha value is -2.04. The maximum atomic E-state index is 12.0. The first-order valence-electron chi connectivity index (χ1n) is 7.74. The van der Waals surface area contributed by atoms with Crippen LogP contribution in [0.5, 0.6) is 5.75 Å². The quantitative estimate of drug-likeness (QED) is 0.757. The molecule has 1 unspecified atom stereocenters. The Morgan fingerprint density at radius 2 is 1.82 bits per heavy atom. The van der Waals surface area contributed by atoms with E-state index in [1.54, 1.807) is 11.8 Å². The van der Waals surface area contributed by atoms with E-state index < -0.39 is 12.1 Å². The zero-order valence-electron chi connectivity index (χ0n) is 13.2. The second-order valence-corrected chi connectivity index (χ2v) is 5.58. The molecule has 1 atom stereocenters. The lowest BCUT2D eigenvalue weighted by Crippen LogP contribution is -2.38. The van der Waals surface area contributed by atoms with Crippen molar-refractivity contribution in [3.05, 3.63) is 29.8 Å². The van der Waals surface area contributed by atoms with Gasteiger partial charge in [-0.2, -0.15) is 0 Å². The predicted octanol–water partition coefficient (Wildman–Crippen LogP) is 2.32. The van der Waals surface area contributed by atoms with Crippen molar-refractivity contribution < 1.29 is 19.1 Å². The van der Waals surface area contributed by atoms with Crippen molar-refractivity contribution in [2.75, 3.05) is 19.7 Å². The van der Waals surface area contributed by atoms with Crippen LogP contribution in [0.3, 0.4) is 0 Å². The van der Waals surface area contributed by atoms with Gasteiger partial charge in [-0.15, -0.1) is 0 Å². The lowest BCUT2D eigenvalue weighted by molar-refractivity contribution is -0.159. The molecule has 1 amide bonds. The number of esters is 1. The van der Waals surface area contributed by atoms with Gasteiger partial charge in [0.15, 0.2) is 6.10 Å². The predicted molar refractivity (Wildman–Crippen MR) is 82.7 cm³/mol. The second kappa shape index (κ2) is 7.82. The minimum atomic E-state index is -0.718. The number of carbonyl (C=O) groups is 2. The molecule has 2 rings (SSSR count). The lowest BCUT2D eigenvalue weighted by Gasteiger charge is -2.20. The summed E-state index contributed by atoms with van der Waals surface area (Å²) < 4.78 is 10.6. The molecule has 0 aromatic heterocycles. The second-order valence-electron chi connectivity index (χ2n) is 5.58. The number of ether oxygens (including phenoxy) is 2. The van der Waals surface area contributed by atoms with E-state index in [1.807, 2.05) is 31.2 Å². The van der Waals surface area contributed by atoms with Crippen LogP contribution < -0.4 is 4.74 Å². The summed E-state index contributed by atoms with van der Waals surface area (Å²) in [5.41, 5.74) is 1.15. The molecule has 1 aliphatic rings. The Morgan fingerprint density at radius 3 is 2.45 bits per heavy atom. The molecular formula is C17H23NO4. The summed E-state index contributed by atoms with van der Waals surface area (Å²) in [4.78, 5) is 25.5. The van der Waals surface area contributed by atoms with Crippen molar-refractivity contribution in [2.24, 2.45) is 0 Å². The summed E-state index contributed by atoms with van der Waals surface area (Å²) in [7, 11) is 0. The SMILES string of the molecule is Cc1ccc(OCCC(=O)OC(C)C(=O)N2CCCC2)cc1. The standard InChI is InChI=1S/C17H23NO4/c1-13-5-7-15(8-6-13)21-12-9-16(19)22-14(2)17(20)18-10-3-4-11-18/h5-8,14H,3-4,9-12H2,1-2H3. The maximum Gasteiger partial charge on any atom is 0.310 e. The highest BCUT2D eigenvalue weighted by molar-refractivity contribution is 5.83. The molecule has 0 saturated carbocycles. The molecule has 0 spiro atoms. The van der Waals surface area contributed by atoms with Gasteiger partial charge in [0.1, 0.15) is 5.75 Å². The Bertz CT molecular complexity index is 506. The summed E-state index contributed by atoms with van der Waals surface area (Å²) in [5.74, 6) is 0.206. The number of hydrogen-bond acceptors (Lipinski definition) is 4. The average molecular weight is 305 g/mol. The van der Waals surface area contributed by atoms with E-state index >= 15 is 0 Å². The zero-order valence-corrected chi connectivity index (χ0v) is 13.2. The molecular weight excluding hydrogens is 282 g/mol. The van der Waals surface area contributed by atoms with Crippen molar-refractivity contribution in [1.82, 2.24) is 4.90 Å². The molecule has 22 heavy (non-hydrogen) atoms. The first-order valence-corrected chi connectivity index (χ1v) is 7.74. The lowest BCUT2D eigenvalue weighted by atomic mass is 10.2. The summed E-state index contributed by atoms with van der Waals surface area (Å²) in [5, 5.41) is 0. The van der Waals surface area contributed by atoms with Gasteiger partial charge in [-0.3, -0.25) is 9.59 Å². The van der Waals surface area contributed by atoms with Gasteiger partial charge in [0.25, 0.3) is 5.91 Å². The molecule has 1 saturated heterocycles. The van der Waals surface area contributed by atoms with Crippen LogP contribution in [0.1, 0.15) is 31.7 Å². The summed E-state index contributed by atoms with van der Waals surface area (Å²) in [6.45, 7) is 5.39. The molecule has 0 aliphatic carbocycles. The molecule has 5 nitrogen and oxygen atoms in total. The van der Waals surface area contributed by atoms with Crippen molar-refractivity contribution in [3.8, 4) is 5.75 Å². The van der Waals surface area contributed by atoms with Crippen LogP contribution in [0.15, 0.2) is 24.3 Å². The average Bonchev–Trinajstić information content (AvgIpc) is 3.02. The van der Waals surface area contributed by atoms with E-state index in [4.69, 9.17) is 9.47 Å². The number of nitrogens with zero attached hydrogens (tertiary/aromatic N) is 1. The fraction of sp³-hybridized carbons (Fsp3) is 0.529. The largest absolute Gasteiger partial charge is 0.493 e. The monoisotopic (exact) mass is 305 g/mol. The first kappa shape index (κ1) is 16.3. The first-order chi connectivity index (χ1) is 10.6. The molecule has 0 bridgehead atoms. The van der Waals surface area contributed by atoms with Crippen LogP contribution in [0.25, 0.3) is 0 Å². The van der Waals surface area contributed by atoms with Crippen LogP contribution in [0.2, 0.25) is 0 Å². The number of benzene rings is 1. The Balaban J connectivity index is 1.68. The van der Waals surface area contributed by atoms with Gasteiger partial charge in [-0.05, 0) is 38.8 Å². The Labute approximate surface area is 131 Å². The van der Waals surface area contributed by atoms with E-state index in [-0.39, 0.29) is 18.9 Å². The van der Waals surface area contributed by atoms with E-state index in [0.29, 0.717) is 0 Å². The van der Waals surface area contributed by atoms with E-state index in [9.17, 15) is 9.59 Å². The molecule has 5 heteroatoms. The smallest absolute Gasteiger partial charge is 0.310 e. The van der Waals surface area contributed by atoms with Gasteiger partial charge in [0.2, 0.25) is 0 Å². The van der Waals surface area contributed by atoms with Crippen molar-refractivity contribution >= 4 is 11.9 Å². The maximum absolute atomic E-state index is 12.0. The van der Waals surface area contributed by atoms with Crippen molar-refractivity contribution in [3.63, 3.8) is 0 Å². The van der Waals surface area contributed by atoms with Gasteiger partial charge < -0.3 is 14.4 Å². The zero-order chi connectivity index (χ0) is 15.9. The number of amides is 1. The highest BCUT2D eigenvalue weighted by Gasteiger charge is 2.25.